The van der Waals surface area contributed by atoms with Crippen LogP contribution < -0.4 is 20.5 Å². The molecule has 0 radical (unpaired) electrons. The van der Waals surface area contributed by atoms with E-state index in [9.17, 15) is 0 Å². The predicted molar refractivity (Wildman–Crippen MR) is 106 cm³/mol. The molecule has 2 rings (SSSR count). The lowest BCUT2D eigenvalue weighted by atomic mass is 10.2. The van der Waals surface area contributed by atoms with Gasteiger partial charge in [0.1, 0.15) is 0 Å². The molecule has 1 unspecified atom stereocenters. The molecule has 1 aromatic carbocycles. The van der Waals surface area contributed by atoms with Gasteiger partial charge in [0.15, 0.2) is 17.5 Å². The monoisotopic (exact) mass is 448 g/mol. The number of aromatic nitrogens is 1. The Bertz CT molecular complexity index is 634. The average Bonchev–Trinajstić information content (AvgIpc) is 3.07. The van der Waals surface area contributed by atoms with Gasteiger partial charge in [-0.25, -0.2) is 4.98 Å². The number of halogens is 1. The highest BCUT2D eigenvalue weighted by Gasteiger charge is 2.08. The van der Waals surface area contributed by atoms with Crippen molar-refractivity contribution in [1.29, 1.82) is 0 Å². The van der Waals surface area contributed by atoms with Crippen molar-refractivity contribution < 1.29 is 9.47 Å². The van der Waals surface area contributed by atoms with Crippen LogP contribution in [0.25, 0.3) is 0 Å². The van der Waals surface area contributed by atoms with Crippen LogP contribution >= 0.6 is 35.3 Å². The lowest BCUT2D eigenvalue weighted by molar-refractivity contribution is 0.355. The van der Waals surface area contributed by atoms with Crippen LogP contribution in [0.15, 0.2) is 34.8 Å². The molecule has 0 aliphatic carbocycles. The van der Waals surface area contributed by atoms with E-state index >= 15 is 0 Å². The summed E-state index contributed by atoms with van der Waals surface area (Å²) in [7, 11) is 3.19. The second kappa shape index (κ2) is 9.56. The maximum Gasteiger partial charge on any atom is 0.193 e. The molecule has 0 aliphatic heterocycles. The molecule has 0 saturated heterocycles. The molecule has 126 valence electrons. The number of benzene rings is 1. The van der Waals surface area contributed by atoms with Crippen LogP contribution in [-0.2, 0) is 0 Å². The summed E-state index contributed by atoms with van der Waals surface area (Å²) < 4.78 is 10.4. The van der Waals surface area contributed by atoms with Crippen molar-refractivity contribution in [3.05, 3.63) is 34.8 Å². The summed E-state index contributed by atoms with van der Waals surface area (Å²) >= 11 is 1.62. The number of nitrogens with zero attached hydrogens (tertiary/aromatic N) is 2. The van der Waals surface area contributed by atoms with Gasteiger partial charge in [0, 0.05) is 29.2 Å². The van der Waals surface area contributed by atoms with E-state index in [1.807, 2.05) is 23.6 Å². The fourth-order valence-electron chi connectivity index (χ4n) is 1.89. The van der Waals surface area contributed by atoms with E-state index in [0.717, 1.165) is 10.7 Å². The van der Waals surface area contributed by atoms with E-state index < -0.39 is 0 Å². The van der Waals surface area contributed by atoms with Crippen molar-refractivity contribution in [2.45, 2.75) is 12.8 Å². The number of hydrogen-bond donors (Lipinski definition) is 2. The van der Waals surface area contributed by atoms with Crippen molar-refractivity contribution in [1.82, 2.24) is 4.98 Å². The minimum atomic E-state index is 0. The summed E-state index contributed by atoms with van der Waals surface area (Å²) in [5.74, 6) is 1.90. The van der Waals surface area contributed by atoms with Gasteiger partial charge in [-0.15, -0.1) is 35.3 Å². The number of guanidine groups is 1. The molecule has 0 aliphatic rings. The van der Waals surface area contributed by atoms with Gasteiger partial charge < -0.3 is 20.5 Å². The first-order chi connectivity index (χ1) is 10.6. The Hall–Kier alpha value is -1.55. The van der Waals surface area contributed by atoms with E-state index in [0.29, 0.717) is 24.0 Å². The third-order valence-corrected chi connectivity index (χ3v) is 4.07. The van der Waals surface area contributed by atoms with Crippen molar-refractivity contribution in [2.75, 3.05) is 26.1 Å². The topological polar surface area (TPSA) is 81.8 Å². The molecule has 0 saturated carbocycles. The number of anilines is 1. The normalized spacial score (nSPS) is 12.2. The highest BCUT2D eigenvalue weighted by Crippen LogP contribution is 2.29. The van der Waals surface area contributed by atoms with Gasteiger partial charge in [0.05, 0.1) is 25.8 Å². The molecule has 3 N–H and O–H groups in total. The first-order valence-corrected chi connectivity index (χ1v) is 7.70. The van der Waals surface area contributed by atoms with Crippen LogP contribution in [0.3, 0.4) is 0 Å². The lowest BCUT2D eigenvalue weighted by Crippen LogP contribution is -2.23. The fraction of sp³-hybridized carbons (Fsp3) is 0.333. The highest BCUT2D eigenvalue weighted by atomic mass is 127. The number of nitrogens with two attached hydrogens (primary N) is 1. The number of hydrogen-bond acceptors (Lipinski definition) is 5. The minimum Gasteiger partial charge on any atom is -0.493 e. The Morgan fingerprint density at radius 1 is 1.35 bits per heavy atom. The van der Waals surface area contributed by atoms with Gasteiger partial charge in [-0.2, -0.15) is 0 Å². The van der Waals surface area contributed by atoms with E-state index in [4.69, 9.17) is 15.2 Å². The molecule has 6 nitrogen and oxygen atoms in total. The van der Waals surface area contributed by atoms with Gasteiger partial charge in [0.2, 0.25) is 0 Å². The summed E-state index contributed by atoms with van der Waals surface area (Å²) in [6.45, 7) is 2.66. The fourth-order valence-corrected chi connectivity index (χ4v) is 2.58. The van der Waals surface area contributed by atoms with Crippen LogP contribution in [0.2, 0.25) is 0 Å². The number of rotatable bonds is 6. The zero-order valence-electron chi connectivity index (χ0n) is 13.3. The zero-order chi connectivity index (χ0) is 15.9. The Labute approximate surface area is 157 Å². The predicted octanol–water partition coefficient (Wildman–Crippen LogP) is 3.31. The van der Waals surface area contributed by atoms with Crippen LogP contribution in [0, 0.1) is 0 Å². The Morgan fingerprint density at radius 3 is 2.70 bits per heavy atom. The molecule has 0 bridgehead atoms. The SMILES string of the molecule is COc1ccc(NC(N)=NCC(C)c2nccs2)cc1OC.I. The number of aliphatic imine (C=N–C) groups is 1. The van der Waals surface area contributed by atoms with Gasteiger partial charge in [-0.05, 0) is 12.1 Å². The smallest absolute Gasteiger partial charge is 0.193 e. The molecule has 1 aromatic heterocycles. The summed E-state index contributed by atoms with van der Waals surface area (Å²) in [5.41, 5.74) is 6.71. The summed E-state index contributed by atoms with van der Waals surface area (Å²) in [6, 6.07) is 5.48. The molecular formula is C15H21IN4O2S. The summed E-state index contributed by atoms with van der Waals surface area (Å²) in [6.07, 6.45) is 1.80. The Balaban J connectivity index is 0.00000264. The van der Waals surface area contributed by atoms with Gasteiger partial charge in [-0.3, -0.25) is 4.99 Å². The number of ether oxygens (including phenoxy) is 2. The molecule has 1 atom stereocenters. The van der Waals surface area contributed by atoms with Crippen LogP contribution in [0.5, 0.6) is 11.5 Å². The van der Waals surface area contributed by atoms with Crippen LogP contribution in [0.4, 0.5) is 5.69 Å². The van der Waals surface area contributed by atoms with E-state index in [1.165, 1.54) is 0 Å². The third kappa shape index (κ3) is 5.54. The quantitative estimate of drug-likeness (QED) is 0.403. The first kappa shape index (κ1) is 19.5. The number of methoxy groups -OCH3 is 2. The molecule has 1 heterocycles. The first-order valence-electron chi connectivity index (χ1n) is 6.82. The maximum atomic E-state index is 5.92. The summed E-state index contributed by atoms with van der Waals surface area (Å²) in [4.78, 5) is 8.63. The standard InChI is InChI=1S/C15H20N4O2S.HI/c1-10(14-17-6-7-22-14)9-18-15(16)19-11-4-5-12(20-2)13(8-11)21-3;/h4-8,10H,9H2,1-3H3,(H3,16,18,19);1H. The molecule has 0 spiro atoms. The largest absolute Gasteiger partial charge is 0.493 e. The Morgan fingerprint density at radius 2 is 2.09 bits per heavy atom. The summed E-state index contributed by atoms with van der Waals surface area (Å²) in [5, 5.41) is 6.06. The third-order valence-electron chi connectivity index (χ3n) is 3.06. The van der Waals surface area contributed by atoms with E-state index in [2.05, 4.69) is 22.2 Å². The van der Waals surface area contributed by atoms with E-state index in [1.54, 1.807) is 31.8 Å². The second-order valence-corrected chi connectivity index (χ2v) is 5.62. The van der Waals surface area contributed by atoms with Gasteiger partial charge in [-0.1, -0.05) is 6.92 Å². The molecule has 8 heteroatoms. The van der Waals surface area contributed by atoms with Gasteiger partial charge in [0.25, 0.3) is 0 Å². The van der Waals surface area contributed by atoms with Crippen molar-refractivity contribution in [3.63, 3.8) is 0 Å². The molecule has 23 heavy (non-hydrogen) atoms. The Kier molecular flexibility index (Phi) is 8.10. The van der Waals surface area contributed by atoms with Crippen molar-refractivity contribution in [3.8, 4) is 11.5 Å². The van der Waals surface area contributed by atoms with Crippen LogP contribution in [0.1, 0.15) is 17.8 Å². The molecule has 0 fully saturated rings. The zero-order valence-corrected chi connectivity index (χ0v) is 16.4. The molecule has 2 aromatic rings. The van der Waals surface area contributed by atoms with E-state index in [-0.39, 0.29) is 29.9 Å². The minimum absolute atomic E-state index is 0. The van der Waals surface area contributed by atoms with Gasteiger partial charge >= 0.3 is 0 Å². The van der Waals surface area contributed by atoms with Crippen molar-refractivity contribution >= 4 is 47.0 Å². The molecule has 0 amide bonds. The van der Waals surface area contributed by atoms with Crippen molar-refractivity contribution in [2.24, 2.45) is 10.7 Å². The average molecular weight is 448 g/mol. The number of thiazole rings is 1. The molecular weight excluding hydrogens is 427 g/mol. The number of nitrogens with one attached hydrogen (secondary N) is 1. The maximum absolute atomic E-state index is 5.92. The lowest BCUT2D eigenvalue weighted by Gasteiger charge is -2.11. The second-order valence-electron chi connectivity index (χ2n) is 4.69. The van der Waals surface area contributed by atoms with Crippen LogP contribution in [-0.4, -0.2) is 31.7 Å². The highest BCUT2D eigenvalue weighted by molar-refractivity contribution is 14.0.